The molecule has 210 valence electrons. The van der Waals surface area contributed by atoms with Gasteiger partial charge in [0.05, 0.1) is 29.0 Å². The van der Waals surface area contributed by atoms with Crippen molar-refractivity contribution in [1.29, 1.82) is 0 Å². The first-order valence-corrected chi connectivity index (χ1v) is 15.0. The molecule has 1 atom stereocenters. The lowest BCUT2D eigenvalue weighted by molar-refractivity contribution is -0.133. The van der Waals surface area contributed by atoms with Gasteiger partial charge in [0.1, 0.15) is 11.5 Å². The number of anilines is 1. The van der Waals surface area contributed by atoms with E-state index in [1.165, 1.54) is 0 Å². The largest absolute Gasteiger partial charge is 0.450 e. The Hall–Kier alpha value is -3.83. The summed E-state index contributed by atoms with van der Waals surface area (Å²) in [6.45, 7) is 3.39. The number of nitrogens with two attached hydrogens (primary N) is 1. The fourth-order valence-corrected chi connectivity index (χ4v) is 6.62. The SMILES string of the molecule is Cc1cn2c(N3CCN(C(=O)CCS(=O)(=O)c4ccc5cc(Cl)ccc5c4)C(CCOC(N)=O)C3)cccc2n1. The number of hydrogen-bond acceptors (Lipinski definition) is 7. The van der Waals surface area contributed by atoms with Crippen LogP contribution in [0, 0.1) is 6.92 Å². The molecule has 0 spiro atoms. The molecular formula is C28H30ClN5O5S. The van der Waals surface area contributed by atoms with Gasteiger partial charge in [-0.1, -0.05) is 29.8 Å². The van der Waals surface area contributed by atoms with E-state index in [0.29, 0.717) is 31.1 Å². The minimum Gasteiger partial charge on any atom is -0.450 e. The molecule has 2 aromatic carbocycles. The number of hydrogen-bond donors (Lipinski definition) is 1. The van der Waals surface area contributed by atoms with Crippen molar-refractivity contribution in [3.8, 4) is 0 Å². The molecule has 0 radical (unpaired) electrons. The molecule has 1 unspecified atom stereocenters. The fraction of sp³-hybridized carbons (Fsp3) is 0.321. The summed E-state index contributed by atoms with van der Waals surface area (Å²) >= 11 is 6.04. The van der Waals surface area contributed by atoms with Gasteiger partial charge >= 0.3 is 6.09 Å². The van der Waals surface area contributed by atoms with Crippen LogP contribution in [0.5, 0.6) is 0 Å². The third kappa shape index (κ3) is 6.00. The predicted octanol–water partition coefficient (Wildman–Crippen LogP) is 3.82. The number of aryl methyl sites for hydroxylation is 1. The number of fused-ring (bicyclic) bond motifs is 2. The van der Waals surface area contributed by atoms with Gasteiger partial charge in [0.2, 0.25) is 5.91 Å². The molecule has 0 aliphatic carbocycles. The van der Waals surface area contributed by atoms with E-state index in [0.717, 1.165) is 27.9 Å². The predicted molar refractivity (Wildman–Crippen MR) is 153 cm³/mol. The third-order valence-corrected chi connectivity index (χ3v) is 9.08. The van der Waals surface area contributed by atoms with Crippen LogP contribution in [0.25, 0.3) is 16.4 Å². The lowest BCUT2D eigenvalue weighted by Gasteiger charge is -2.42. The highest BCUT2D eigenvalue weighted by Crippen LogP contribution is 2.26. The third-order valence-electron chi connectivity index (χ3n) is 7.13. The number of halogens is 1. The van der Waals surface area contributed by atoms with Gasteiger partial charge in [0, 0.05) is 43.7 Å². The molecule has 40 heavy (non-hydrogen) atoms. The molecule has 1 aliphatic rings. The van der Waals surface area contributed by atoms with E-state index in [-0.39, 0.29) is 35.6 Å². The number of ether oxygens (including phenoxy) is 1. The maximum Gasteiger partial charge on any atom is 0.404 e. The van der Waals surface area contributed by atoms with Gasteiger partial charge in [-0.05, 0) is 54.1 Å². The molecule has 1 fully saturated rings. The summed E-state index contributed by atoms with van der Waals surface area (Å²) in [6, 6.07) is 15.7. The second-order valence-corrected chi connectivity index (χ2v) is 12.4. The molecule has 12 heteroatoms. The van der Waals surface area contributed by atoms with Crippen LogP contribution in [0.15, 0.2) is 65.7 Å². The van der Waals surface area contributed by atoms with Crippen LogP contribution in [-0.4, -0.2) is 72.7 Å². The first-order valence-electron chi connectivity index (χ1n) is 12.9. The van der Waals surface area contributed by atoms with Gasteiger partial charge in [-0.3, -0.25) is 9.20 Å². The number of primary amides is 1. The van der Waals surface area contributed by atoms with Crippen LogP contribution >= 0.6 is 11.6 Å². The number of aromatic nitrogens is 2. The monoisotopic (exact) mass is 583 g/mol. The van der Waals surface area contributed by atoms with E-state index >= 15 is 0 Å². The number of piperazine rings is 1. The zero-order chi connectivity index (χ0) is 28.4. The van der Waals surface area contributed by atoms with Crippen molar-refractivity contribution >= 4 is 55.7 Å². The Morgan fingerprint density at radius 2 is 1.88 bits per heavy atom. The Morgan fingerprint density at radius 1 is 1.10 bits per heavy atom. The standard InChI is InChI=1S/C28H30ClN5O5S/c1-19-17-34-25(31-19)3-2-4-26(34)32-11-12-33(23(18-32)9-13-39-28(30)36)27(35)10-14-40(37,38)24-8-6-20-15-22(29)7-5-21(20)16-24/h2-8,15-17,23H,9-14,18H2,1H3,(H2,30,36). The van der Waals surface area contributed by atoms with Crippen molar-refractivity contribution in [2.24, 2.45) is 5.73 Å². The number of imidazole rings is 1. The molecule has 0 saturated carbocycles. The van der Waals surface area contributed by atoms with E-state index in [4.69, 9.17) is 22.1 Å². The number of carbonyl (C=O) groups excluding carboxylic acids is 2. The van der Waals surface area contributed by atoms with Crippen LogP contribution in [0.2, 0.25) is 5.02 Å². The number of pyridine rings is 1. The van der Waals surface area contributed by atoms with Crippen molar-refractivity contribution in [3.05, 3.63) is 71.5 Å². The van der Waals surface area contributed by atoms with E-state index in [1.807, 2.05) is 35.7 Å². The summed E-state index contributed by atoms with van der Waals surface area (Å²) in [6.07, 6.45) is 1.28. The second kappa shape index (κ2) is 11.3. The molecule has 4 aromatic rings. The Morgan fingerprint density at radius 3 is 2.67 bits per heavy atom. The van der Waals surface area contributed by atoms with Crippen molar-refractivity contribution in [2.45, 2.75) is 30.7 Å². The Kier molecular flexibility index (Phi) is 7.86. The minimum absolute atomic E-state index is 0.0470. The number of rotatable bonds is 8. The summed E-state index contributed by atoms with van der Waals surface area (Å²) in [5, 5.41) is 2.16. The van der Waals surface area contributed by atoms with Crippen molar-refractivity contribution in [3.63, 3.8) is 0 Å². The average molecular weight is 584 g/mol. The number of nitrogens with zero attached hydrogens (tertiary/aromatic N) is 4. The lowest BCUT2D eigenvalue weighted by Crippen LogP contribution is -2.56. The van der Waals surface area contributed by atoms with Gasteiger partial charge in [-0.2, -0.15) is 0 Å². The zero-order valence-corrected chi connectivity index (χ0v) is 23.6. The fourth-order valence-electron chi connectivity index (χ4n) is 5.18. The van der Waals surface area contributed by atoms with E-state index in [1.54, 1.807) is 41.3 Å². The molecule has 2 amide bonds. The Bertz CT molecular complexity index is 1690. The maximum absolute atomic E-state index is 13.4. The molecular weight excluding hydrogens is 554 g/mol. The van der Waals surface area contributed by atoms with Crippen molar-refractivity contribution in [2.75, 3.05) is 36.9 Å². The van der Waals surface area contributed by atoms with Crippen LogP contribution in [0.1, 0.15) is 18.5 Å². The summed E-state index contributed by atoms with van der Waals surface area (Å²) in [5.41, 5.74) is 6.86. The summed E-state index contributed by atoms with van der Waals surface area (Å²) in [4.78, 5) is 33.1. The molecule has 1 aliphatic heterocycles. The topological polar surface area (TPSA) is 127 Å². The quantitative estimate of drug-likeness (QED) is 0.334. The normalized spacial score (nSPS) is 16.0. The summed E-state index contributed by atoms with van der Waals surface area (Å²) < 4.78 is 33.2. The first-order chi connectivity index (χ1) is 19.1. The molecule has 10 nitrogen and oxygen atoms in total. The number of amides is 2. The van der Waals surface area contributed by atoms with Crippen LogP contribution < -0.4 is 10.6 Å². The maximum atomic E-state index is 13.4. The van der Waals surface area contributed by atoms with Crippen molar-refractivity contribution < 1.29 is 22.7 Å². The number of carbonyl (C=O) groups is 2. The summed E-state index contributed by atoms with van der Waals surface area (Å²) in [7, 11) is -3.70. The number of sulfone groups is 1. The molecule has 1 saturated heterocycles. The highest BCUT2D eigenvalue weighted by molar-refractivity contribution is 7.91. The van der Waals surface area contributed by atoms with Gasteiger partial charge < -0.3 is 20.3 Å². The highest BCUT2D eigenvalue weighted by atomic mass is 35.5. The van der Waals surface area contributed by atoms with E-state index in [9.17, 15) is 18.0 Å². The van der Waals surface area contributed by atoms with E-state index < -0.39 is 15.9 Å². The lowest BCUT2D eigenvalue weighted by atomic mass is 10.1. The van der Waals surface area contributed by atoms with Gasteiger partial charge in [-0.15, -0.1) is 0 Å². The molecule has 5 rings (SSSR count). The zero-order valence-electron chi connectivity index (χ0n) is 22.0. The molecule has 0 bridgehead atoms. The molecule has 3 heterocycles. The minimum atomic E-state index is -3.70. The smallest absolute Gasteiger partial charge is 0.404 e. The van der Waals surface area contributed by atoms with Gasteiger partial charge in [0.25, 0.3) is 0 Å². The van der Waals surface area contributed by atoms with Gasteiger partial charge in [-0.25, -0.2) is 18.2 Å². The Balaban J connectivity index is 1.30. The van der Waals surface area contributed by atoms with Crippen LogP contribution in [0.4, 0.5) is 10.6 Å². The first kappa shape index (κ1) is 27.7. The Labute approximate surface area is 237 Å². The average Bonchev–Trinajstić information content (AvgIpc) is 3.31. The highest BCUT2D eigenvalue weighted by Gasteiger charge is 2.32. The van der Waals surface area contributed by atoms with Crippen LogP contribution in [0.3, 0.4) is 0 Å². The van der Waals surface area contributed by atoms with Crippen molar-refractivity contribution in [1.82, 2.24) is 14.3 Å². The summed E-state index contributed by atoms with van der Waals surface area (Å²) in [5.74, 6) is 0.353. The second-order valence-electron chi connectivity index (χ2n) is 9.86. The van der Waals surface area contributed by atoms with Gasteiger partial charge in [0.15, 0.2) is 9.84 Å². The molecule has 2 N–H and O–H groups in total. The van der Waals surface area contributed by atoms with Crippen LogP contribution in [-0.2, 0) is 19.4 Å². The molecule has 2 aromatic heterocycles. The number of benzene rings is 2. The van der Waals surface area contributed by atoms with E-state index in [2.05, 4.69) is 9.88 Å².